The number of carbonyl (C=O) groups excluding carboxylic acids is 1. The first-order chi connectivity index (χ1) is 11.7. The Labute approximate surface area is 148 Å². The maximum Gasteiger partial charge on any atom is 0.258 e. The minimum Gasteiger partial charge on any atom is -0.467 e. The minimum absolute atomic E-state index is 0.00859. The van der Waals surface area contributed by atoms with E-state index in [0.29, 0.717) is 12.1 Å². The zero-order valence-corrected chi connectivity index (χ0v) is 14.4. The van der Waals surface area contributed by atoms with Crippen LogP contribution in [0.25, 0.3) is 0 Å². The highest BCUT2D eigenvalue weighted by molar-refractivity contribution is 9.10. The number of carbonyl (C=O) groups is 1. The van der Waals surface area contributed by atoms with Crippen LogP contribution in [-0.2, 0) is 6.54 Å². The van der Waals surface area contributed by atoms with Crippen molar-refractivity contribution >= 4 is 27.5 Å². The number of fused-ring (bicyclic) bond motifs is 1. The first kappa shape index (κ1) is 15.0. The molecule has 4 rings (SSSR count). The van der Waals surface area contributed by atoms with E-state index in [1.165, 1.54) is 0 Å². The van der Waals surface area contributed by atoms with Crippen LogP contribution < -0.4 is 5.32 Å². The number of para-hydroxylation sites is 1. The Bertz CT molecular complexity index is 877. The molecule has 4 nitrogen and oxygen atoms in total. The third-order valence-electron chi connectivity index (χ3n) is 4.09. The van der Waals surface area contributed by atoms with E-state index in [1.807, 2.05) is 60.7 Å². The lowest BCUT2D eigenvalue weighted by Gasteiger charge is -2.37. The van der Waals surface area contributed by atoms with Crippen LogP contribution in [0, 0.1) is 0 Å². The van der Waals surface area contributed by atoms with Gasteiger partial charge in [-0.25, -0.2) is 0 Å². The second-order valence-corrected chi connectivity index (χ2v) is 6.58. The van der Waals surface area contributed by atoms with Crippen LogP contribution in [0.1, 0.15) is 27.8 Å². The minimum atomic E-state index is -0.255. The van der Waals surface area contributed by atoms with Crippen molar-refractivity contribution in [3.63, 3.8) is 0 Å². The molecule has 1 unspecified atom stereocenters. The molecule has 120 valence electrons. The van der Waals surface area contributed by atoms with Crippen LogP contribution in [-0.4, -0.2) is 10.8 Å². The summed E-state index contributed by atoms with van der Waals surface area (Å²) in [6.07, 6.45) is 1.37. The molecule has 1 aromatic heterocycles. The lowest BCUT2D eigenvalue weighted by Crippen LogP contribution is -2.42. The predicted octanol–water partition coefficient (Wildman–Crippen LogP) is 4.81. The van der Waals surface area contributed by atoms with E-state index in [-0.39, 0.29) is 12.1 Å². The van der Waals surface area contributed by atoms with Crippen LogP contribution in [0.2, 0.25) is 0 Å². The molecule has 0 radical (unpaired) electrons. The van der Waals surface area contributed by atoms with Gasteiger partial charge < -0.3 is 14.6 Å². The summed E-state index contributed by atoms with van der Waals surface area (Å²) in [7, 11) is 0. The molecule has 3 aromatic rings. The molecular formula is C19H15BrN2O2. The molecule has 5 heteroatoms. The highest BCUT2D eigenvalue weighted by atomic mass is 79.9. The van der Waals surface area contributed by atoms with Gasteiger partial charge >= 0.3 is 0 Å². The van der Waals surface area contributed by atoms with Crippen LogP contribution >= 0.6 is 15.9 Å². The zero-order valence-electron chi connectivity index (χ0n) is 12.8. The summed E-state index contributed by atoms with van der Waals surface area (Å²) < 4.78 is 6.43. The maximum atomic E-state index is 13.0. The van der Waals surface area contributed by atoms with Gasteiger partial charge in [-0.15, -0.1) is 0 Å². The van der Waals surface area contributed by atoms with Crippen LogP contribution in [0.15, 0.2) is 75.8 Å². The van der Waals surface area contributed by atoms with Gasteiger partial charge in [0.05, 0.1) is 18.4 Å². The molecule has 0 aliphatic carbocycles. The Morgan fingerprint density at radius 1 is 1.08 bits per heavy atom. The number of furan rings is 1. The molecule has 2 heterocycles. The van der Waals surface area contributed by atoms with Crippen molar-refractivity contribution in [2.24, 2.45) is 0 Å². The summed E-state index contributed by atoms with van der Waals surface area (Å²) in [5, 5.41) is 3.48. The van der Waals surface area contributed by atoms with E-state index < -0.39 is 0 Å². The molecule has 0 bridgehead atoms. The molecule has 0 spiro atoms. The van der Waals surface area contributed by atoms with E-state index >= 15 is 0 Å². The Kier molecular flexibility index (Phi) is 3.86. The summed E-state index contributed by atoms with van der Waals surface area (Å²) in [5.74, 6) is 0.746. The van der Waals surface area contributed by atoms with Crippen molar-refractivity contribution in [2.45, 2.75) is 12.7 Å². The normalized spacial score (nSPS) is 16.6. The van der Waals surface area contributed by atoms with Gasteiger partial charge in [0.25, 0.3) is 5.91 Å². The number of amides is 1. The molecule has 0 saturated carbocycles. The Morgan fingerprint density at radius 2 is 1.96 bits per heavy atom. The Balaban J connectivity index is 1.78. The maximum absolute atomic E-state index is 13.0. The number of rotatable bonds is 3. The smallest absolute Gasteiger partial charge is 0.258 e. The first-order valence-corrected chi connectivity index (χ1v) is 8.46. The lowest BCUT2D eigenvalue weighted by atomic mass is 10.0. The van der Waals surface area contributed by atoms with Gasteiger partial charge in [-0.05, 0) is 42.0 Å². The molecule has 1 aliphatic heterocycles. The average Bonchev–Trinajstić information content (AvgIpc) is 3.10. The molecular weight excluding hydrogens is 368 g/mol. The van der Waals surface area contributed by atoms with Gasteiger partial charge in [0, 0.05) is 10.2 Å². The molecule has 1 amide bonds. The highest BCUT2D eigenvalue weighted by Gasteiger charge is 2.33. The Morgan fingerprint density at radius 3 is 2.75 bits per heavy atom. The SMILES string of the molecule is O=C1c2ccccc2NC(c2cccc(Br)c2)N1Cc1ccco1. The van der Waals surface area contributed by atoms with Crippen molar-refractivity contribution in [2.75, 3.05) is 5.32 Å². The molecule has 24 heavy (non-hydrogen) atoms. The predicted molar refractivity (Wildman–Crippen MR) is 95.5 cm³/mol. The molecule has 1 aliphatic rings. The van der Waals surface area contributed by atoms with Gasteiger partial charge in [0.15, 0.2) is 0 Å². The quantitative estimate of drug-likeness (QED) is 0.706. The highest BCUT2D eigenvalue weighted by Crippen LogP contribution is 2.34. The molecule has 1 atom stereocenters. The number of anilines is 1. The van der Waals surface area contributed by atoms with Crippen molar-refractivity contribution < 1.29 is 9.21 Å². The van der Waals surface area contributed by atoms with Crippen molar-refractivity contribution in [3.8, 4) is 0 Å². The number of halogens is 1. The number of benzene rings is 2. The van der Waals surface area contributed by atoms with Gasteiger partial charge in [-0.3, -0.25) is 4.79 Å². The van der Waals surface area contributed by atoms with E-state index in [2.05, 4.69) is 21.2 Å². The number of hydrogen-bond acceptors (Lipinski definition) is 3. The largest absolute Gasteiger partial charge is 0.467 e. The lowest BCUT2D eigenvalue weighted by molar-refractivity contribution is 0.0651. The second-order valence-electron chi connectivity index (χ2n) is 5.66. The van der Waals surface area contributed by atoms with Gasteiger partial charge in [-0.2, -0.15) is 0 Å². The summed E-state index contributed by atoms with van der Waals surface area (Å²) in [5.41, 5.74) is 2.54. The van der Waals surface area contributed by atoms with Gasteiger partial charge in [0.1, 0.15) is 11.9 Å². The Hall–Kier alpha value is -2.53. The molecule has 1 N–H and O–H groups in total. The second kappa shape index (κ2) is 6.17. The zero-order chi connectivity index (χ0) is 16.5. The van der Waals surface area contributed by atoms with Crippen molar-refractivity contribution in [1.82, 2.24) is 4.90 Å². The van der Waals surface area contributed by atoms with Gasteiger partial charge in [0.2, 0.25) is 0 Å². The molecule has 2 aromatic carbocycles. The van der Waals surface area contributed by atoms with E-state index in [4.69, 9.17) is 4.42 Å². The third kappa shape index (κ3) is 2.71. The van der Waals surface area contributed by atoms with Crippen LogP contribution in [0.4, 0.5) is 5.69 Å². The summed E-state index contributed by atoms with van der Waals surface area (Å²) in [4.78, 5) is 14.8. The standard InChI is InChI=1S/C19H15BrN2O2/c20-14-6-3-5-13(11-14)18-21-17-9-2-1-8-16(17)19(23)22(18)12-15-7-4-10-24-15/h1-11,18,21H,12H2. The van der Waals surface area contributed by atoms with E-state index in [9.17, 15) is 4.79 Å². The topological polar surface area (TPSA) is 45.5 Å². The number of hydrogen-bond donors (Lipinski definition) is 1. The fourth-order valence-electron chi connectivity index (χ4n) is 2.97. The fraction of sp³-hybridized carbons (Fsp3) is 0.105. The summed E-state index contributed by atoms with van der Waals surface area (Å²) in [6, 6.07) is 19.3. The summed E-state index contributed by atoms with van der Waals surface area (Å²) >= 11 is 3.51. The fourth-order valence-corrected chi connectivity index (χ4v) is 3.38. The summed E-state index contributed by atoms with van der Waals surface area (Å²) in [6.45, 7) is 0.407. The first-order valence-electron chi connectivity index (χ1n) is 7.67. The number of nitrogens with one attached hydrogen (secondary N) is 1. The average molecular weight is 383 g/mol. The van der Waals surface area contributed by atoms with Crippen molar-refractivity contribution in [3.05, 3.63) is 88.3 Å². The number of nitrogens with zero attached hydrogens (tertiary/aromatic N) is 1. The molecule has 0 fully saturated rings. The van der Waals surface area contributed by atoms with Crippen molar-refractivity contribution in [1.29, 1.82) is 0 Å². The van der Waals surface area contributed by atoms with E-state index in [1.54, 1.807) is 11.2 Å². The van der Waals surface area contributed by atoms with Crippen LogP contribution in [0.3, 0.4) is 0 Å². The monoisotopic (exact) mass is 382 g/mol. The van der Waals surface area contributed by atoms with Gasteiger partial charge in [-0.1, -0.05) is 40.2 Å². The van der Waals surface area contributed by atoms with E-state index in [0.717, 1.165) is 21.5 Å². The van der Waals surface area contributed by atoms with Crippen LogP contribution in [0.5, 0.6) is 0 Å². The third-order valence-corrected chi connectivity index (χ3v) is 4.59. The molecule has 0 saturated heterocycles.